The van der Waals surface area contributed by atoms with Gasteiger partial charge in [0.15, 0.2) is 0 Å². The normalized spacial score (nSPS) is 26.8. The summed E-state index contributed by atoms with van der Waals surface area (Å²) in [6, 6.07) is 0. The fourth-order valence-corrected chi connectivity index (χ4v) is 2.04. The van der Waals surface area contributed by atoms with Crippen molar-refractivity contribution in [3.63, 3.8) is 0 Å². The molecule has 0 atom stereocenters. The van der Waals surface area contributed by atoms with Crippen molar-refractivity contribution in [3.8, 4) is 0 Å². The Morgan fingerprint density at radius 2 is 1.43 bits per heavy atom. The van der Waals surface area contributed by atoms with Gasteiger partial charge in [-0.25, -0.2) is 0 Å². The smallest absolute Gasteiger partial charge is 0.433 e. The zero-order valence-electron chi connectivity index (χ0n) is 14.7. The van der Waals surface area contributed by atoms with Gasteiger partial charge in [-0.05, 0) is 55.4 Å². The third-order valence-electron chi connectivity index (χ3n) is 5.61. The largest absolute Gasteiger partial charge is 0.458 e. The molecule has 1 radical (unpaired) electrons. The van der Waals surface area contributed by atoms with Gasteiger partial charge in [-0.1, -0.05) is 12.8 Å². The second-order valence-corrected chi connectivity index (χ2v) is 8.63. The number of aliphatic hydroxyl groups is 1. The molecule has 1 aliphatic carbocycles. The predicted molar refractivity (Wildman–Crippen MR) is 85.2 cm³/mol. The first-order chi connectivity index (χ1) is 9.23. The molecule has 1 saturated carbocycles. The first-order valence-corrected chi connectivity index (χ1v) is 7.83. The van der Waals surface area contributed by atoms with Gasteiger partial charge >= 0.3 is 7.12 Å². The molecule has 2 rings (SSSR count). The summed E-state index contributed by atoms with van der Waals surface area (Å²) in [5.74, 6) is 0. The van der Waals surface area contributed by atoms with Gasteiger partial charge in [0.05, 0.1) is 22.4 Å². The Labute approximate surface area is 130 Å². The summed E-state index contributed by atoms with van der Waals surface area (Å²) in [5, 5.41) is 10.00. The van der Waals surface area contributed by atoms with Crippen LogP contribution in [-0.2, 0) is 14.0 Å². The van der Waals surface area contributed by atoms with Crippen LogP contribution in [0.3, 0.4) is 0 Å². The Morgan fingerprint density at radius 3 is 1.76 bits per heavy atom. The van der Waals surface area contributed by atoms with E-state index >= 15 is 0 Å². The number of hydrogen-bond donors (Lipinski definition) is 1. The van der Waals surface area contributed by atoms with E-state index in [1.165, 1.54) is 0 Å². The minimum Gasteiger partial charge on any atom is -0.433 e. The van der Waals surface area contributed by atoms with Gasteiger partial charge < -0.3 is 19.1 Å². The molecule has 1 N–H and O–H groups in total. The van der Waals surface area contributed by atoms with Crippen molar-refractivity contribution in [1.29, 1.82) is 0 Å². The van der Waals surface area contributed by atoms with Crippen LogP contribution in [0.4, 0.5) is 0 Å². The molecular formula is C15H29B2O4. The first-order valence-electron chi connectivity index (χ1n) is 7.83. The van der Waals surface area contributed by atoms with E-state index in [0.29, 0.717) is 0 Å². The molecule has 1 heterocycles. The van der Waals surface area contributed by atoms with Gasteiger partial charge in [0.25, 0.3) is 7.48 Å². The molecule has 21 heavy (non-hydrogen) atoms. The average molecular weight is 295 g/mol. The van der Waals surface area contributed by atoms with Crippen LogP contribution in [-0.4, -0.2) is 42.1 Å². The molecule has 0 aromatic rings. The predicted octanol–water partition coefficient (Wildman–Crippen LogP) is 2.76. The molecule has 1 saturated heterocycles. The fraction of sp³-hybridized carbons (Fsp3) is 1.00. The Bertz CT molecular complexity index is 392. The topological polar surface area (TPSA) is 47.9 Å². The minimum atomic E-state index is -0.921. The highest BCUT2D eigenvalue weighted by Crippen LogP contribution is 2.59. The lowest BCUT2D eigenvalue weighted by atomic mass is 9.52. The van der Waals surface area contributed by atoms with E-state index in [4.69, 9.17) is 14.0 Å². The summed E-state index contributed by atoms with van der Waals surface area (Å²) in [5.41, 5.74) is -2.23. The Kier molecular flexibility index (Phi) is 3.90. The van der Waals surface area contributed by atoms with E-state index in [2.05, 4.69) is 27.7 Å². The molecule has 119 valence electrons. The van der Waals surface area contributed by atoms with Gasteiger partial charge in [0, 0.05) is 5.21 Å². The van der Waals surface area contributed by atoms with E-state index in [1.54, 1.807) is 13.8 Å². The lowest BCUT2D eigenvalue weighted by Gasteiger charge is -2.38. The van der Waals surface area contributed by atoms with Gasteiger partial charge in [-0.15, -0.1) is 0 Å². The molecule has 0 unspecified atom stereocenters. The van der Waals surface area contributed by atoms with E-state index < -0.39 is 11.2 Å². The number of hydrogen-bond acceptors (Lipinski definition) is 4. The summed E-state index contributed by atoms with van der Waals surface area (Å²) in [6.07, 6.45) is 1.98. The average Bonchev–Trinajstić information content (AvgIpc) is 3.00. The van der Waals surface area contributed by atoms with E-state index in [0.717, 1.165) is 12.8 Å². The Morgan fingerprint density at radius 1 is 1.00 bits per heavy atom. The van der Waals surface area contributed by atoms with Gasteiger partial charge in [0.2, 0.25) is 0 Å². The van der Waals surface area contributed by atoms with Crippen LogP contribution in [0, 0.1) is 0 Å². The third kappa shape index (κ3) is 3.05. The van der Waals surface area contributed by atoms with E-state index in [9.17, 15) is 5.11 Å². The lowest BCUT2D eigenvalue weighted by Crippen LogP contribution is -2.49. The van der Waals surface area contributed by atoms with Crippen LogP contribution >= 0.6 is 0 Å². The maximum Gasteiger partial charge on any atom is 0.458 e. The molecule has 0 aromatic carbocycles. The summed E-state index contributed by atoms with van der Waals surface area (Å²) < 4.78 is 18.2. The second kappa shape index (κ2) is 4.73. The van der Waals surface area contributed by atoms with Crippen LogP contribution in [0.25, 0.3) is 0 Å². The zero-order valence-corrected chi connectivity index (χ0v) is 14.7. The second-order valence-electron chi connectivity index (χ2n) is 8.63. The fourth-order valence-electron chi connectivity index (χ4n) is 2.04. The molecule has 0 spiro atoms. The number of rotatable bonds is 5. The van der Waals surface area contributed by atoms with Crippen LogP contribution in [0.5, 0.6) is 0 Å². The van der Waals surface area contributed by atoms with Crippen LogP contribution in [0.15, 0.2) is 0 Å². The highest BCUT2D eigenvalue weighted by Gasteiger charge is 2.65. The minimum absolute atomic E-state index is 0.187. The Hall–Kier alpha value is -0.0301. The SMILES string of the molecule is CC(C)(O)C(C)(C)O[B]C1(B2OC(C)(C)C(C)(C)O2)CC1. The molecule has 4 nitrogen and oxygen atoms in total. The van der Waals surface area contributed by atoms with E-state index in [1.807, 2.05) is 21.3 Å². The quantitative estimate of drug-likeness (QED) is 0.792. The lowest BCUT2D eigenvalue weighted by molar-refractivity contribution is -0.0909. The van der Waals surface area contributed by atoms with Crippen molar-refractivity contribution in [3.05, 3.63) is 0 Å². The maximum atomic E-state index is 10.2. The summed E-state index contributed by atoms with van der Waals surface area (Å²) in [4.78, 5) is 0. The Balaban J connectivity index is 2.02. The first kappa shape index (κ1) is 17.3. The highest BCUT2D eigenvalue weighted by molar-refractivity contribution is 6.66. The molecular weight excluding hydrogens is 266 g/mol. The summed E-state index contributed by atoms with van der Waals surface area (Å²) >= 11 is 0. The van der Waals surface area contributed by atoms with Gasteiger partial charge in [0.1, 0.15) is 0 Å². The van der Waals surface area contributed by atoms with Crippen LogP contribution < -0.4 is 0 Å². The van der Waals surface area contributed by atoms with Crippen LogP contribution in [0.2, 0.25) is 5.21 Å². The molecule has 0 amide bonds. The standard InChI is InChI=1S/C15H29B2O4/c1-11(2,18)12(3,4)19-16-15(9-10-15)17-20-13(5,6)14(7,8)21-17/h18H,9-10H2,1-8H3. The molecule has 1 aliphatic heterocycles. The molecule has 0 aromatic heterocycles. The van der Waals surface area contributed by atoms with Gasteiger partial charge in [-0.2, -0.15) is 0 Å². The van der Waals surface area contributed by atoms with Crippen molar-refractivity contribution in [2.24, 2.45) is 0 Å². The highest BCUT2D eigenvalue weighted by atomic mass is 16.7. The van der Waals surface area contributed by atoms with E-state index in [-0.39, 0.29) is 23.5 Å². The third-order valence-corrected chi connectivity index (χ3v) is 5.61. The monoisotopic (exact) mass is 295 g/mol. The molecule has 2 fully saturated rings. The van der Waals surface area contributed by atoms with Crippen molar-refractivity contribution in [1.82, 2.24) is 0 Å². The maximum absolute atomic E-state index is 10.2. The van der Waals surface area contributed by atoms with Crippen molar-refractivity contribution in [2.75, 3.05) is 0 Å². The molecule has 0 bridgehead atoms. The van der Waals surface area contributed by atoms with Crippen molar-refractivity contribution in [2.45, 2.75) is 95.8 Å². The molecule has 2 aliphatic rings. The zero-order chi connectivity index (χ0) is 16.3. The van der Waals surface area contributed by atoms with Crippen LogP contribution in [0.1, 0.15) is 68.2 Å². The molecule has 6 heteroatoms. The van der Waals surface area contributed by atoms with Crippen molar-refractivity contribution >= 4 is 14.6 Å². The summed E-state index contributed by atoms with van der Waals surface area (Å²) in [7, 11) is 1.56. The summed E-state index contributed by atoms with van der Waals surface area (Å²) in [6.45, 7) is 15.5. The van der Waals surface area contributed by atoms with Gasteiger partial charge in [-0.3, -0.25) is 0 Å². The van der Waals surface area contributed by atoms with Crippen molar-refractivity contribution < 1.29 is 19.1 Å².